The average molecular weight is 331 g/mol. The van der Waals surface area contributed by atoms with E-state index in [1.165, 1.54) is 0 Å². The van der Waals surface area contributed by atoms with Crippen LogP contribution >= 0.6 is 24.2 Å². The predicted molar refractivity (Wildman–Crippen MR) is 89.6 cm³/mol. The molecule has 1 aliphatic rings. The first kappa shape index (κ1) is 18.1. The number of nitrogens with one attached hydrogen (secondary N) is 2. The normalized spacial score (nSPS) is 17.7. The van der Waals surface area contributed by atoms with E-state index in [0.717, 1.165) is 36.6 Å². The Morgan fingerprint density at radius 3 is 2.81 bits per heavy atom. The molecule has 0 saturated carbocycles. The van der Waals surface area contributed by atoms with E-state index in [1.807, 2.05) is 31.2 Å². The summed E-state index contributed by atoms with van der Waals surface area (Å²) in [7, 11) is 0. The summed E-state index contributed by atoms with van der Waals surface area (Å²) in [4.78, 5) is 13.0. The predicted octanol–water partition coefficient (Wildman–Crippen LogP) is 2.47. The molecule has 1 amide bonds. The number of piperidine rings is 1. The Kier molecular flexibility index (Phi) is 8.57. The average Bonchev–Trinajstić information content (AvgIpc) is 2.48. The van der Waals surface area contributed by atoms with Gasteiger partial charge in [0.15, 0.2) is 0 Å². The lowest BCUT2D eigenvalue weighted by atomic mass is 10.1. The first-order valence-corrected chi connectivity index (χ1v) is 8.12. The van der Waals surface area contributed by atoms with Gasteiger partial charge in [0.2, 0.25) is 5.91 Å². The van der Waals surface area contributed by atoms with Crippen molar-refractivity contribution in [2.45, 2.75) is 30.7 Å². The Bertz CT molecular complexity index is 422. The van der Waals surface area contributed by atoms with Gasteiger partial charge in [0.05, 0.1) is 12.4 Å². The van der Waals surface area contributed by atoms with E-state index in [2.05, 4.69) is 10.6 Å². The molecule has 0 spiro atoms. The van der Waals surface area contributed by atoms with Gasteiger partial charge in [-0.25, -0.2) is 0 Å². The van der Waals surface area contributed by atoms with Crippen molar-refractivity contribution in [1.82, 2.24) is 10.6 Å². The van der Waals surface area contributed by atoms with Crippen molar-refractivity contribution < 1.29 is 9.53 Å². The van der Waals surface area contributed by atoms with Crippen LogP contribution in [0.15, 0.2) is 29.2 Å². The van der Waals surface area contributed by atoms with Crippen molar-refractivity contribution in [3.63, 3.8) is 0 Å². The first-order valence-electron chi connectivity index (χ1n) is 7.13. The molecule has 0 bridgehead atoms. The molecule has 118 valence electrons. The fourth-order valence-electron chi connectivity index (χ4n) is 2.19. The molecule has 1 unspecified atom stereocenters. The van der Waals surface area contributed by atoms with Gasteiger partial charge in [-0.1, -0.05) is 0 Å². The van der Waals surface area contributed by atoms with Crippen molar-refractivity contribution in [1.29, 1.82) is 0 Å². The van der Waals surface area contributed by atoms with Crippen LogP contribution in [0.2, 0.25) is 0 Å². The van der Waals surface area contributed by atoms with Gasteiger partial charge in [-0.2, -0.15) is 0 Å². The molecule has 1 heterocycles. The highest BCUT2D eigenvalue weighted by atomic mass is 35.5. The zero-order valence-electron chi connectivity index (χ0n) is 12.3. The van der Waals surface area contributed by atoms with Crippen LogP contribution in [0.5, 0.6) is 5.75 Å². The van der Waals surface area contributed by atoms with Crippen LogP contribution < -0.4 is 15.4 Å². The lowest BCUT2D eigenvalue weighted by Gasteiger charge is -2.23. The van der Waals surface area contributed by atoms with Crippen LogP contribution in [-0.2, 0) is 4.79 Å². The highest BCUT2D eigenvalue weighted by molar-refractivity contribution is 8.00. The summed E-state index contributed by atoms with van der Waals surface area (Å²) in [5.74, 6) is 1.44. The zero-order chi connectivity index (χ0) is 14.2. The van der Waals surface area contributed by atoms with Crippen molar-refractivity contribution in [3.8, 4) is 5.75 Å². The monoisotopic (exact) mass is 330 g/mol. The van der Waals surface area contributed by atoms with Crippen molar-refractivity contribution in [3.05, 3.63) is 24.3 Å². The summed E-state index contributed by atoms with van der Waals surface area (Å²) in [6, 6.07) is 8.15. The molecule has 1 saturated heterocycles. The third-order valence-corrected chi connectivity index (χ3v) is 4.18. The van der Waals surface area contributed by atoms with Gasteiger partial charge in [0.1, 0.15) is 5.75 Å². The molecule has 0 aromatic heterocycles. The molecule has 0 aliphatic carbocycles. The lowest BCUT2D eigenvalue weighted by Crippen LogP contribution is -2.46. The molecule has 4 nitrogen and oxygen atoms in total. The maximum Gasteiger partial charge on any atom is 0.230 e. The highest BCUT2D eigenvalue weighted by Gasteiger charge is 2.15. The first-order chi connectivity index (χ1) is 9.78. The number of amides is 1. The van der Waals surface area contributed by atoms with Crippen molar-refractivity contribution in [2.24, 2.45) is 0 Å². The Hall–Kier alpha value is -0.910. The Morgan fingerprint density at radius 2 is 2.19 bits per heavy atom. The molecule has 1 fully saturated rings. The molecule has 0 radical (unpaired) electrons. The number of ether oxygens (including phenoxy) is 1. The van der Waals surface area contributed by atoms with Crippen LogP contribution in [-0.4, -0.2) is 37.4 Å². The summed E-state index contributed by atoms with van der Waals surface area (Å²) in [5.41, 5.74) is 0. The van der Waals surface area contributed by atoms with Crippen LogP contribution in [0.3, 0.4) is 0 Å². The van der Waals surface area contributed by atoms with Gasteiger partial charge in [-0.05, 0) is 50.6 Å². The van der Waals surface area contributed by atoms with Gasteiger partial charge in [-0.15, -0.1) is 24.2 Å². The van der Waals surface area contributed by atoms with E-state index in [4.69, 9.17) is 4.74 Å². The number of halogens is 1. The van der Waals surface area contributed by atoms with Gasteiger partial charge in [-0.3, -0.25) is 4.79 Å². The zero-order valence-corrected chi connectivity index (χ0v) is 13.9. The van der Waals surface area contributed by atoms with Gasteiger partial charge >= 0.3 is 0 Å². The summed E-state index contributed by atoms with van der Waals surface area (Å²) >= 11 is 1.56. The second-order valence-electron chi connectivity index (χ2n) is 4.80. The second-order valence-corrected chi connectivity index (χ2v) is 5.85. The molecule has 2 N–H and O–H groups in total. The number of thioether (sulfide) groups is 1. The van der Waals surface area contributed by atoms with E-state index in [1.54, 1.807) is 11.8 Å². The molecule has 1 atom stereocenters. The number of carbonyl (C=O) groups is 1. The van der Waals surface area contributed by atoms with Crippen molar-refractivity contribution >= 4 is 30.1 Å². The van der Waals surface area contributed by atoms with Crippen LogP contribution in [0.1, 0.15) is 19.8 Å². The third-order valence-electron chi connectivity index (χ3n) is 3.17. The molecule has 6 heteroatoms. The molecule has 21 heavy (non-hydrogen) atoms. The van der Waals surface area contributed by atoms with E-state index in [-0.39, 0.29) is 24.4 Å². The number of carbonyl (C=O) groups excluding carboxylic acids is 1. The summed E-state index contributed by atoms with van der Waals surface area (Å²) in [6.45, 7) is 4.59. The molecule has 1 aliphatic heterocycles. The number of rotatable bonds is 6. The van der Waals surface area contributed by atoms with E-state index < -0.39 is 0 Å². The molecule has 2 rings (SSSR count). The van der Waals surface area contributed by atoms with Crippen LogP contribution in [0.25, 0.3) is 0 Å². The molecular weight excluding hydrogens is 308 g/mol. The van der Waals surface area contributed by atoms with Gasteiger partial charge in [0.25, 0.3) is 0 Å². The molecule has 1 aromatic rings. The van der Waals surface area contributed by atoms with Gasteiger partial charge < -0.3 is 15.4 Å². The van der Waals surface area contributed by atoms with Crippen molar-refractivity contribution in [2.75, 3.05) is 25.4 Å². The SMILES string of the molecule is CCOc1ccc(SCC(=O)NC2CCCNC2)cc1.Cl. The maximum absolute atomic E-state index is 11.9. The summed E-state index contributed by atoms with van der Waals surface area (Å²) in [5, 5.41) is 6.37. The van der Waals surface area contributed by atoms with E-state index in [9.17, 15) is 4.79 Å². The van der Waals surface area contributed by atoms with Gasteiger partial charge in [0, 0.05) is 17.5 Å². The Balaban J connectivity index is 0.00000220. The third kappa shape index (κ3) is 6.59. The minimum Gasteiger partial charge on any atom is -0.494 e. The van der Waals surface area contributed by atoms with Crippen LogP contribution in [0.4, 0.5) is 0 Å². The largest absolute Gasteiger partial charge is 0.494 e. The Labute approximate surface area is 136 Å². The minimum atomic E-state index is 0. The summed E-state index contributed by atoms with van der Waals surface area (Å²) in [6.07, 6.45) is 2.21. The quantitative estimate of drug-likeness (QED) is 0.787. The van der Waals surface area contributed by atoms with E-state index in [0.29, 0.717) is 12.4 Å². The van der Waals surface area contributed by atoms with Crippen LogP contribution in [0, 0.1) is 0 Å². The fraction of sp³-hybridized carbons (Fsp3) is 0.533. The minimum absolute atomic E-state index is 0. The highest BCUT2D eigenvalue weighted by Crippen LogP contribution is 2.21. The Morgan fingerprint density at radius 1 is 1.43 bits per heavy atom. The standard InChI is InChI=1S/C15H22N2O2S.ClH/c1-2-19-13-5-7-14(8-6-13)20-11-15(18)17-12-4-3-9-16-10-12;/h5-8,12,16H,2-4,9-11H2,1H3,(H,17,18);1H. The lowest BCUT2D eigenvalue weighted by molar-refractivity contribution is -0.119. The topological polar surface area (TPSA) is 50.4 Å². The maximum atomic E-state index is 11.9. The van der Waals surface area contributed by atoms with E-state index >= 15 is 0 Å². The fourth-order valence-corrected chi connectivity index (χ4v) is 2.90. The smallest absolute Gasteiger partial charge is 0.230 e. The molecular formula is C15H23ClN2O2S. The number of benzene rings is 1. The number of hydrogen-bond acceptors (Lipinski definition) is 4. The number of hydrogen-bond donors (Lipinski definition) is 2. The summed E-state index contributed by atoms with van der Waals surface area (Å²) < 4.78 is 5.39. The second kappa shape index (κ2) is 9.92. The molecule has 1 aromatic carbocycles.